The fourth-order valence-electron chi connectivity index (χ4n) is 3.74. The van der Waals surface area contributed by atoms with Crippen molar-refractivity contribution in [2.75, 3.05) is 44.3 Å². The summed E-state index contributed by atoms with van der Waals surface area (Å²) in [6.45, 7) is 4.32. The monoisotopic (exact) mass is 370 g/mol. The van der Waals surface area contributed by atoms with E-state index in [4.69, 9.17) is 4.74 Å². The van der Waals surface area contributed by atoms with Crippen LogP contribution < -0.4 is 4.90 Å². The molecule has 0 radical (unpaired) electrons. The molecule has 0 saturated carbocycles. The van der Waals surface area contributed by atoms with E-state index in [1.165, 1.54) is 12.1 Å². The van der Waals surface area contributed by atoms with Gasteiger partial charge in [0.1, 0.15) is 18.0 Å². The van der Waals surface area contributed by atoms with Crippen molar-refractivity contribution >= 4 is 11.7 Å². The molecule has 0 spiro atoms. The van der Waals surface area contributed by atoms with Crippen molar-refractivity contribution < 1.29 is 13.9 Å². The van der Waals surface area contributed by atoms with Crippen molar-refractivity contribution in [1.82, 2.24) is 14.9 Å². The molecular formula is C20H23FN4O2. The van der Waals surface area contributed by atoms with Crippen molar-refractivity contribution in [2.45, 2.75) is 19.3 Å². The topological polar surface area (TPSA) is 58.6 Å². The lowest BCUT2D eigenvalue weighted by Crippen LogP contribution is -2.37. The lowest BCUT2D eigenvalue weighted by molar-refractivity contribution is -0.130. The summed E-state index contributed by atoms with van der Waals surface area (Å²) >= 11 is 0. The first kappa shape index (κ1) is 17.9. The van der Waals surface area contributed by atoms with Gasteiger partial charge in [0.2, 0.25) is 5.91 Å². The Morgan fingerprint density at radius 2 is 1.93 bits per heavy atom. The Balaban J connectivity index is 1.47. The van der Waals surface area contributed by atoms with E-state index in [1.54, 1.807) is 18.5 Å². The van der Waals surface area contributed by atoms with Crippen LogP contribution in [0.5, 0.6) is 0 Å². The van der Waals surface area contributed by atoms with Crippen LogP contribution >= 0.6 is 0 Å². The lowest BCUT2D eigenvalue weighted by Gasteiger charge is -2.29. The summed E-state index contributed by atoms with van der Waals surface area (Å²) in [4.78, 5) is 25.8. The van der Waals surface area contributed by atoms with E-state index in [0.29, 0.717) is 38.3 Å². The summed E-state index contributed by atoms with van der Waals surface area (Å²) in [7, 11) is 0. The minimum absolute atomic E-state index is 0.0225. The summed E-state index contributed by atoms with van der Waals surface area (Å²) in [5.74, 6) is 0.686. The fraction of sp³-hybridized carbons (Fsp3) is 0.450. The van der Waals surface area contributed by atoms with Gasteiger partial charge in [-0.3, -0.25) is 4.79 Å². The van der Waals surface area contributed by atoms with E-state index >= 15 is 0 Å². The molecule has 1 aromatic carbocycles. The van der Waals surface area contributed by atoms with Gasteiger partial charge >= 0.3 is 0 Å². The third-order valence-corrected chi connectivity index (χ3v) is 5.17. The fourth-order valence-corrected chi connectivity index (χ4v) is 3.74. The van der Waals surface area contributed by atoms with Gasteiger partial charge < -0.3 is 14.5 Å². The van der Waals surface area contributed by atoms with Gasteiger partial charge in [-0.15, -0.1) is 0 Å². The van der Waals surface area contributed by atoms with Crippen molar-refractivity contribution in [3.05, 3.63) is 53.2 Å². The van der Waals surface area contributed by atoms with Gasteiger partial charge in [-0.05, 0) is 24.1 Å². The molecule has 4 rings (SSSR count). The molecule has 3 heterocycles. The smallest absolute Gasteiger partial charge is 0.227 e. The third-order valence-electron chi connectivity index (χ3n) is 5.17. The second-order valence-electron chi connectivity index (χ2n) is 6.91. The number of anilines is 1. The van der Waals surface area contributed by atoms with Crippen LogP contribution in [0.4, 0.5) is 10.2 Å². The normalized spacial score (nSPS) is 17.4. The largest absolute Gasteiger partial charge is 0.378 e. The molecule has 2 aliphatic heterocycles. The molecule has 0 aliphatic carbocycles. The minimum atomic E-state index is -0.311. The van der Waals surface area contributed by atoms with Crippen molar-refractivity contribution in [2.24, 2.45) is 0 Å². The number of hydrogen-bond acceptors (Lipinski definition) is 5. The van der Waals surface area contributed by atoms with Crippen molar-refractivity contribution in [1.29, 1.82) is 0 Å². The Labute approximate surface area is 158 Å². The number of carbonyl (C=O) groups excluding carboxylic acids is 1. The van der Waals surface area contributed by atoms with E-state index < -0.39 is 0 Å². The summed E-state index contributed by atoms with van der Waals surface area (Å²) < 4.78 is 18.8. The molecule has 1 aromatic heterocycles. The zero-order valence-electron chi connectivity index (χ0n) is 15.2. The number of benzene rings is 1. The average Bonchev–Trinajstić information content (AvgIpc) is 2.91. The van der Waals surface area contributed by atoms with Crippen molar-refractivity contribution in [3.8, 4) is 0 Å². The van der Waals surface area contributed by atoms with Crippen LogP contribution in [0, 0.1) is 5.82 Å². The molecule has 7 heteroatoms. The van der Waals surface area contributed by atoms with Crippen LogP contribution in [0.25, 0.3) is 0 Å². The maximum absolute atomic E-state index is 13.4. The van der Waals surface area contributed by atoms with E-state index in [0.717, 1.165) is 36.6 Å². The van der Waals surface area contributed by atoms with Crippen LogP contribution in [0.1, 0.15) is 16.8 Å². The molecule has 6 nitrogen and oxygen atoms in total. The molecule has 0 N–H and O–H groups in total. The Kier molecular flexibility index (Phi) is 5.29. The molecule has 1 saturated heterocycles. The van der Waals surface area contributed by atoms with E-state index in [1.807, 2.05) is 4.90 Å². The van der Waals surface area contributed by atoms with Crippen LogP contribution in [0.15, 0.2) is 30.6 Å². The zero-order chi connectivity index (χ0) is 18.6. The zero-order valence-corrected chi connectivity index (χ0v) is 15.2. The first-order valence-electron chi connectivity index (χ1n) is 9.38. The Morgan fingerprint density at radius 1 is 1.11 bits per heavy atom. The summed E-state index contributed by atoms with van der Waals surface area (Å²) in [6.07, 6.45) is 3.28. The first-order valence-corrected chi connectivity index (χ1v) is 9.38. The summed E-state index contributed by atoms with van der Waals surface area (Å²) in [6, 6.07) is 6.24. The molecular weight excluding hydrogens is 347 g/mol. The minimum Gasteiger partial charge on any atom is -0.378 e. The summed E-state index contributed by atoms with van der Waals surface area (Å²) in [5, 5.41) is 0. The van der Waals surface area contributed by atoms with E-state index in [9.17, 15) is 9.18 Å². The van der Waals surface area contributed by atoms with Gasteiger partial charge in [-0.1, -0.05) is 12.1 Å². The number of ether oxygens (including phenoxy) is 1. The molecule has 0 bridgehead atoms. The van der Waals surface area contributed by atoms with Gasteiger partial charge in [-0.2, -0.15) is 0 Å². The number of aromatic nitrogens is 2. The highest BCUT2D eigenvalue weighted by Gasteiger charge is 2.24. The number of amides is 1. The predicted molar refractivity (Wildman–Crippen MR) is 99.2 cm³/mol. The second kappa shape index (κ2) is 8.00. The predicted octanol–water partition coefficient (Wildman–Crippen LogP) is 1.62. The van der Waals surface area contributed by atoms with Crippen LogP contribution in [-0.2, 0) is 28.8 Å². The maximum atomic E-state index is 13.4. The van der Waals surface area contributed by atoms with Gasteiger partial charge in [-0.25, -0.2) is 14.4 Å². The molecule has 0 atom stereocenters. The highest BCUT2D eigenvalue weighted by atomic mass is 19.1. The first-order chi connectivity index (χ1) is 13.2. The highest BCUT2D eigenvalue weighted by Crippen LogP contribution is 2.24. The van der Waals surface area contributed by atoms with E-state index in [-0.39, 0.29) is 18.1 Å². The highest BCUT2D eigenvalue weighted by molar-refractivity contribution is 5.79. The van der Waals surface area contributed by atoms with Gasteiger partial charge in [0.25, 0.3) is 0 Å². The number of morpholine rings is 1. The Morgan fingerprint density at radius 3 is 2.74 bits per heavy atom. The molecule has 142 valence electrons. The maximum Gasteiger partial charge on any atom is 0.227 e. The molecule has 2 aliphatic rings. The average molecular weight is 370 g/mol. The molecule has 27 heavy (non-hydrogen) atoms. The number of nitrogens with zero attached hydrogens (tertiary/aromatic N) is 4. The SMILES string of the molecule is O=C(Cc1cccc(F)c1)N1CCc2ncnc(N3CCOCC3)c2CC1. The van der Waals surface area contributed by atoms with Crippen LogP contribution in [0.2, 0.25) is 0 Å². The number of halogens is 1. The number of carbonyl (C=O) groups is 1. The molecule has 2 aromatic rings. The van der Waals surface area contributed by atoms with E-state index in [2.05, 4.69) is 14.9 Å². The number of hydrogen-bond donors (Lipinski definition) is 0. The number of fused-ring (bicyclic) bond motifs is 1. The molecule has 0 unspecified atom stereocenters. The van der Waals surface area contributed by atoms with Crippen LogP contribution in [0.3, 0.4) is 0 Å². The lowest BCUT2D eigenvalue weighted by atomic mass is 10.1. The Hall–Kier alpha value is -2.54. The van der Waals surface area contributed by atoms with Gasteiger partial charge in [0, 0.05) is 38.2 Å². The molecule has 1 amide bonds. The summed E-state index contributed by atoms with van der Waals surface area (Å²) in [5.41, 5.74) is 2.86. The quantitative estimate of drug-likeness (QED) is 0.822. The van der Waals surface area contributed by atoms with Gasteiger partial charge in [0.15, 0.2) is 0 Å². The number of rotatable bonds is 3. The standard InChI is InChI=1S/C20H23FN4O2/c21-16-3-1-2-15(12-16)13-19(26)24-6-4-17-18(5-7-24)22-14-23-20(17)25-8-10-27-11-9-25/h1-3,12,14H,4-11,13H2. The van der Waals surface area contributed by atoms with Crippen LogP contribution in [-0.4, -0.2) is 60.2 Å². The van der Waals surface area contributed by atoms with Gasteiger partial charge in [0.05, 0.1) is 25.3 Å². The second-order valence-corrected chi connectivity index (χ2v) is 6.91. The molecule has 1 fully saturated rings. The third kappa shape index (κ3) is 4.08. The van der Waals surface area contributed by atoms with Crippen molar-refractivity contribution in [3.63, 3.8) is 0 Å². The Bertz CT molecular complexity index is 823.